The van der Waals surface area contributed by atoms with Crippen LogP contribution in [0, 0.1) is 11.3 Å². The van der Waals surface area contributed by atoms with Crippen molar-refractivity contribution >= 4 is 11.9 Å². The first-order valence-electron chi connectivity index (χ1n) is 7.65. The molecule has 1 aromatic carbocycles. The van der Waals surface area contributed by atoms with Crippen molar-refractivity contribution < 1.29 is 14.7 Å². The van der Waals surface area contributed by atoms with Crippen LogP contribution in [0.25, 0.3) is 0 Å². The van der Waals surface area contributed by atoms with E-state index >= 15 is 0 Å². The van der Waals surface area contributed by atoms with Gasteiger partial charge in [-0.3, -0.25) is 9.59 Å². The highest BCUT2D eigenvalue weighted by atomic mass is 16.4. The van der Waals surface area contributed by atoms with Crippen LogP contribution in [-0.4, -0.2) is 28.4 Å². The molecule has 0 aromatic heterocycles. The van der Waals surface area contributed by atoms with Crippen LogP contribution in [0.1, 0.15) is 37.7 Å². The Morgan fingerprint density at radius 3 is 2.48 bits per heavy atom. The molecule has 2 aliphatic carbocycles. The van der Waals surface area contributed by atoms with Crippen LogP contribution in [0.5, 0.6) is 0 Å². The first kappa shape index (κ1) is 14.1. The monoisotopic (exact) mass is 287 g/mol. The number of amides is 1. The zero-order valence-corrected chi connectivity index (χ0v) is 12.1. The maximum absolute atomic E-state index is 12.7. The summed E-state index contributed by atoms with van der Waals surface area (Å²) in [5, 5.41) is 9.08. The number of carbonyl (C=O) groups is 2. The van der Waals surface area contributed by atoms with E-state index in [1.54, 1.807) is 0 Å². The van der Waals surface area contributed by atoms with Crippen LogP contribution in [0.4, 0.5) is 0 Å². The van der Waals surface area contributed by atoms with Gasteiger partial charge in [0.2, 0.25) is 5.91 Å². The summed E-state index contributed by atoms with van der Waals surface area (Å²) in [4.78, 5) is 25.2. The normalized spacial score (nSPS) is 22.2. The number of nitrogens with zero attached hydrogens (tertiary/aromatic N) is 1. The molecule has 4 heteroatoms. The third kappa shape index (κ3) is 2.94. The summed E-state index contributed by atoms with van der Waals surface area (Å²) in [5.74, 6) is -0.855. The molecule has 0 radical (unpaired) electrons. The standard InChI is InChI=1S/C17H21NO3/c19-15(20)12-18(11-13-6-2-1-3-7-13)16(21)14-10-17(14)8-4-5-9-17/h1-3,6-7,14H,4-5,8-12H2,(H,19,20). The minimum atomic E-state index is -0.944. The van der Waals surface area contributed by atoms with Crippen molar-refractivity contribution in [3.05, 3.63) is 35.9 Å². The van der Waals surface area contributed by atoms with Gasteiger partial charge in [-0.15, -0.1) is 0 Å². The molecule has 1 atom stereocenters. The number of carboxylic acids is 1. The molecule has 1 aromatic rings. The first-order chi connectivity index (χ1) is 10.1. The van der Waals surface area contributed by atoms with Gasteiger partial charge in [0.15, 0.2) is 0 Å². The second-order valence-corrected chi connectivity index (χ2v) is 6.40. The molecule has 2 aliphatic rings. The average Bonchev–Trinajstić information content (AvgIpc) is 2.95. The molecule has 1 spiro atoms. The molecule has 2 saturated carbocycles. The van der Waals surface area contributed by atoms with Gasteiger partial charge >= 0.3 is 5.97 Å². The van der Waals surface area contributed by atoms with Crippen molar-refractivity contribution in [2.24, 2.45) is 11.3 Å². The summed E-state index contributed by atoms with van der Waals surface area (Å²) >= 11 is 0. The predicted molar refractivity (Wildman–Crippen MR) is 78.5 cm³/mol. The lowest BCUT2D eigenvalue weighted by Crippen LogP contribution is -2.37. The molecule has 1 N–H and O–H groups in total. The van der Waals surface area contributed by atoms with E-state index in [-0.39, 0.29) is 23.8 Å². The molecule has 1 unspecified atom stereocenters. The lowest BCUT2D eigenvalue weighted by atomic mass is 10.0. The van der Waals surface area contributed by atoms with Gasteiger partial charge in [-0.1, -0.05) is 43.2 Å². The fourth-order valence-corrected chi connectivity index (χ4v) is 3.73. The predicted octanol–water partition coefficient (Wildman–Crippen LogP) is 2.68. The molecular weight excluding hydrogens is 266 g/mol. The highest BCUT2D eigenvalue weighted by Crippen LogP contribution is 2.63. The fourth-order valence-electron chi connectivity index (χ4n) is 3.73. The maximum Gasteiger partial charge on any atom is 0.323 e. The minimum Gasteiger partial charge on any atom is -0.480 e. The summed E-state index contributed by atoms with van der Waals surface area (Å²) in [5.41, 5.74) is 1.19. The molecule has 21 heavy (non-hydrogen) atoms. The maximum atomic E-state index is 12.7. The van der Waals surface area contributed by atoms with Gasteiger partial charge in [0.05, 0.1) is 0 Å². The van der Waals surface area contributed by atoms with Gasteiger partial charge in [0, 0.05) is 12.5 Å². The number of hydrogen-bond donors (Lipinski definition) is 1. The lowest BCUT2D eigenvalue weighted by molar-refractivity contribution is -0.145. The molecule has 0 saturated heterocycles. The van der Waals surface area contributed by atoms with Crippen LogP contribution in [-0.2, 0) is 16.1 Å². The largest absolute Gasteiger partial charge is 0.480 e. The van der Waals surface area contributed by atoms with E-state index in [0.29, 0.717) is 6.54 Å². The number of aliphatic carboxylic acids is 1. The van der Waals surface area contributed by atoms with Gasteiger partial charge in [-0.2, -0.15) is 0 Å². The summed E-state index contributed by atoms with van der Waals surface area (Å²) < 4.78 is 0. The zero-order chi connectivity index (χ0) is 14.9. The Balaban J connectivity index is 1.70. The van der Waals surface area contributed by atoms with Crippen molar-refractivity contribution in [3.8, 4) is 0 Å². The molecular formula is C17H21NO3. The topological polar surface area (TPSA) is 57.6 Å². The molecule has 112 valence electrons. The van der Waals surface area contributed by atoms with Crippen molar-refractivity contribution in [2.45, 2.75) is 38.6 Å². The molecule has 4 nitrogen and oxygen atoms in total. The summed E-state index contributed by atoms with van der Waals surface area (Å²) in [6, 6.07) is 9.60. The van der Waals surface area contributed by atoms with Crippen LogP contribution in [0.2, 0.25) is 0 Å². The van der Waals surface area contributed by atoms with E-state index < -0.39 is 5.97 Å². The van der Waals surface area contributed by atoms with Crippen molar-refractivity contribution in [2.75, 3.05) is 6.54 Å². The first-order valence-corrected chi connectivity index (χ1v) is 7.65. The third-order valence-corrected chi connectivity index (χ3v) is 4.94. The molecule has 0 aliphatic heterocycles. The van der Waals surface area contributed by atoms with Crippen molar-refractivity contribution in [3.63, 3.8) is 0 Å². The zero-order valence-electron chi connectivity index (χ0n) is 12.1. The quantitative estimate of drug-likeness (QED) is 0.905. The number of benzene rings is 1. The number of hydrogen-bond acceptors (Lipinski definition) is 2. The summed E-state index contributed by atoms with van der Waals surface area (Å²) in [7, 11) is 0. The molecule has 2 fully saturated rings. The van der Waals surface area contributed by atoms with Crippen LogP contribution >= 0.6 is 0 Å². The molecule has 0 heterocycles. The second kappa shape index (κ2) is 5.51. The van der Waals surface area contributed by atoms with E-state index in [1.165, 1.54) is 17.7 Å². The number of carbonyl (C=O) groups excluding carboxylic acids is 1. The highest BCUT2D eigenvalue weighted by Gasteiger charge is 2.59. The van der Waals surface area contributed by atoms with E-state index in [1.807, 2.05) is 30.3 Å². The third-order valence-electron chi connectivity index (χ3n) is 4.94. The van der Waals surface area contributed by atoms with Gasteiger partial charge in [-0.25, -0.2) is 0 Å². The van der Waals surface area contributed by atoms with E-state index in [2.05, 4.69) is 0 Å². The molecule has 0 bridgehead atoms. The van der Waals surface area contributed by atoms with Gasteiger partial charge in [-0.05, 0) is 30.2 Å². The van der Waals surface area contributed by atoms with E-state index in [4.69, 9.17) is 5.11 Å². The fraction of sp³-hybridized carbons (Fsp3) is 0.529. The Hall–Kier alpha value is -1.84. The second-order valence-electron chi connectivity index (χ2n) is 6.40. The van der Waals surface area contributed by atoms with E-state index in [0.717, 1.165) is 24.8 Å². The lowest BCUT2D eigenvalue weighted by Gasteiger charge is -2.22. The number of carboxylic acid groups (broad SMARTS) is 1. The smallest absolute Gasteiger partial charge is 0.323 e. The van der Waals surface area contributed by atoms with Crippen LogP contribution in [0.15, 0.2) is 30.3 Å². The minimum absolute atomic E-state index is 0.0307. The van der Waals surface area contributed by atoms with Crippen LogP contribution < -0.4 is 0 Å². The Labute approximate surface area is 124 Å². The van der Waals surface area contributed by atoms with Gasteiger partial charge < -0.3 is 10.0 Å². The van der Waals surface area contributed by atoms with Gasteiger partial charge in [0.1, 0.15) is 6.54 Å². The van der Waals surface area contributed by atoms with Crippen LogP contribution in [0.3, 0.4) is 0 Å². The summed E-state index contributed by atoms with van der Waals surface area (Å²) in [6.07, 6.45) is 5.64. The Kier molecular flexibility index (Phi) is 3.70. The average molecular weight is 287 g/mol. The highest BCUT2D eigenvalue weighted by molar-refractivity contribution is 5.86. The Morgan fingerprint density at radius 1 is 1.19 bits per heavy atom. The van der Waals surface area contributed by atoms with Crippen molar-refractivity contribution in [1.82, 2.24) is 4.90 Å². The molecule has 3 rings (SSSR count). The van der Waals surface area contributed by atoms with E-state index in [9.17, 15) is 9.59 Å². The van der Waals surface area contributed by atoms with Crippen molar-refractivity contribution in [1.29, 1.82) is 0 Å². The SMILES string of the molecule is O=C(O)CN(Cc1ccccc1)C(=O)C1CC12CCCC2. The Morgan fingerprint density at radius 2 is 1.86 bits per heavy atom. The molecule has 1 amide bonds. The van der Waals surface area contributed by atoms with Gasteiger partial charge in [0.25, 0.3) is 0 Å². The number of rotatable bonds is 5. The Bertz CT molecular complexity index is 534. The summed E-state index contributed by atoms with van der Waals surface area (Å²) in [6.45, 7) is 0.179.